The molecule has 4 heteroatoms. The predicted molar refractivity (Wildman–Crippen MR) is 68.6 cm³/mol. The van der Waals surface area contributed by atoms with Gasteiger partial charge in [0.2, 0.25) is 0 Å². The average Bonchev–Trinajstić information content (AvgIpc) is 2.62. The van der Waals surface area contributed by atoms with E-state index in [0.29, 0.717) is 10.4 Å². The lowest BCUT2D eigenvalue weighted by molar-refractivity contribution is 0.200. The van der Waals surface area contributed by atoms with Crippen LogP contribution in [0.5, 0.6) is 0 Å². The van der Waals surface area contributed by atoms with E-state index in [1.54, 1.807) is 0 Å². The summed E-state index contributed by atoms with van der Waals surface area (Å²) >= 11 is 12.1. The first-order valence-corrected chi connectivity index (χ1v) is 6.35. The van der Waals surface area contributed by atoms with Gasteiger partial charge in [0, 0.05) is 36.6 Å². The van der Waals surface area contributed by atoms with Crippen molar-refractivity contribution in [2.45, 2.75) is 6.42 Å². The van der Waals surface area contributed by atoms with Crippen LogP contribution in [0.3, 0.4) is 0 Å². The Labute approximate surface area is 106 Å². The summed E-state index contributed by atoms with van der Waals surface area (Å²) in [5.74, 6) is 0. The third-order valence-corrected chi connectivity index (χ3v) is 4.23. The van der Waals surface area contributed by atoms with Crippen molar-refractivity contribution in [3.8, 4) is 0 Å². The highest BCUT2D eigenvalue weighted by atomic mass is 35.5. The van der Waals surface area contributed by atoms with Gasteiger partial charge in [0.25, 0.3) is 0 Å². The van der Waals surface area contributed by atoms with Gasteiger partial charge in [-0.25, -0.2) is 0 Å². The highest BCUT2D eigenvalue weighted by molar-refractivity contribution is 6.36. The molecule has 3 rings (SSSR count). The first-order chi connectivity index (χ1) is 7.69. The van der Waals surface area contributed by atoms with Crippen molar-refractivity contribution in [3.05, 3.63) is 28.2 Å². The van der Waals surface area contributed by atoms with E-state index in [-0.39, 0.29) is 0 Å². The van der Waals surface area contributed by atoms with Gasteiger partial charge in [0.15, 0.2) is 0 Å². The van der Waals surface area contributed by atoms with E-state index in [4.69, 9.17) is 23.2 Å². The van der Waals surface area contributed by atoms with Crippen LogP contribution in [0.25, 0.3) is 0 Å². The van der Waals surface area contributed by atoms with Gasteiger partial charge >= 0.3 is 0 Å². The maximum atomic E-state index is 6.22. The lowest BCUT2D eigenvalue weighted by atomic mass is 9.81. The van der Waals surface area contributed by atoms with Gasteiger partial charge in [0.1, 0.15) is 0 Å². The van der Waals surface area contributed by atoms with E-state index in [1.807, 2.05) is 18.2 Å². The Balaban J connectivity index is 1.83. The summed E-state index contributed by atoms with van der Waals surface area (Å²) in [6, 6.07) is 5.75. The maximum absolute atomic E-state index is 6.22. The molecule has 1 aromatic rings. The Morgan fingerprint density at radius 2 is 2.06 bits per heavy atom. The van der Waals surface area contributed by atoms with Crippen molar-refractivity contribution >= 4 is 28.9 Å². The summed E-state index contributed by atoms with van der Waals surface area (Å²) in [4.78, 5) is 2.37. The molecule has 1 spiro atoms. The van der Waals surface area contributed by atoms with Crippen LogP contribution in [0.1, 0.15) is 6.42 Å². The molecule has 0 unspecified atom stereocenters. The second-order valence-corrected chi connectivity index (χ2v) is 5.71. The van der Waals surface area contributed by atoms with Gasteiger partial charge in [-0.2, -0.15) is 0 Å². The van der Waals surface area contributed by atoms with Crippen LogP contribution in [0.2, 0.25) is 10.0 Å². The van der Waals surface area contributed by atoms with E-state index >= 15 is 0 Å². The molecule has 2 nitrogen and oxygen atoms in total. The van der Waals surface area contributed by atoms with Crippen LogP contribution < -0.4 is 10.2 Å². The molecule has 2 heterocycles. The number of anilines is 1. The van der Waals surface area contributed by atoms with Crippen LogP contribution in [-0.2, 0) is 0 Å². The van der Waals surface area contributed by atoms with Crippen LogP contribution in [0.4, 0.5) is 5.69 Å². The molecular formula is C12H14Cl2N2. The van der Waals surface area contributed by atoms with Crippen molar-refractivity contribution in [3.63, 3.8) is 0 Å². The highest BCUT2D eigenvalue weighted by Gasteiger charge is 2.43. The normalized spacial score (nSPS) is 22.5. The summed E-state index contributed by atoms with van der Waals surface area (Å²) < 4.78 is 0. The molecule has 1 N–H and O–H groups in total. The van der Waals surface area contributed by atoms with Crippen LogP contribution >= 0.6 is 23.2 Å². The smallest absolute Gasteiger partial charge is 0.0654 e. The van der Waals surface area contributed by atoms with E-state index in [9.17, 15) is 0 Å². The predicted octanol–water partition coefficient (Wildman–Crippen LogP) is 2.79. The Morgan fingerprint density at radius 1 is 1.25 bits per heavy atom. The van der Waals surface area contributed by atoms with Gasteiger partial charge < -0.3 is 10.2 Å². The van der Waals surface area contributed by atoms with Crippen molar-refractivity contribution in [2.24, 2.45) is 5.41 Å². The molecule has 2 aliphatic rings. The molecule has 2 saturated heterocycles. The van der Waals surface area contributed by atoms with Gasteiger partial charge in [-0.3, -0.25) is 0 Å². The zero-order valence-electron chi connectivity index (χ0n) is 8.97. The Morgan fingerprint density at radius 3 is 2.62 bits per heavy atom. The van der Waals surface area contributed by atoms with E-state index in [1.165, 1.54) is 6.42 Å². The fourth-order valence-corrected chi connectivity index (χ4v) is 3.17. The molecule has 2 aliphatic heterocycles. The first kappa shape index (κ1) is 10.7. The van der Waals surface area contributed by atoms with Crippen LogP contribution in [-0.4, -0.2) is 26.2 Å². The van der Waals surface area contributed by atoms with Crippen LogP contribution in [0.15, 0.2) is 18.2 Å². The topological polar surface area (TPSA) is 15.3 Å². The van der Waals surface area contributed by atoms with Gasteiger partial charge in [-0.15, -0.1) is 0 Å². The lowest BCUT2D eigenvalue weighted by Crippen LogP contribution is -2.54. The molecule has 0 amide bonds. The fourth-order valence-electron chi connectivity index (χ4n) is 2.65. The zero-order chi connectivity index (χ0) is 11.2. The number of rotatable bonds is 1. The molecule has 0 saturated carbocycles. The maximum Gasteiger partial charge on any atom is 0.0654 e. The lowest BCUT2D eigenvalue weighted by Gasteiger charge is -2.39. The van der Waals surface area contributed by atoms with Crippen molar-refractivity contribution < 1.29 is 0 Å². The number of nitrogens with zero attached hydrogens (tertiary/aromatic N) is 1. The number of nitrogens with one attached hydrogen (secondary N) is 1. The Bertz CT molecular complexity index is 415. The Hall–Kier alpha value is -0.440. The third-order valence-electron chi connectivity index (χ3n) is 3.69. The largest absolute Gasteiger partial charge is 0.370 e. The Kier molecular flexibility index (Phi) is 2.54. The first-order valence-electron chi connectivity index (χ1n) is 5.59. The molecule has 16 heavy (non-hydrogen) atoms. The fraction of sp³-hybridized carbons (Fsp3) is 0.500. The second kappa shape index (κ2) is 3.80. The molecule has 0 aliphatic carbocycles. The van der Waals surface area contributed by atoms with E-state index < -0.39 is 0 Å². The average molecular weight is 257 g/mol. The summed E-state index contributed by atoms with van der Waals surface area (Å²) in [5, 5.41) is 4.82. The summed E-state index contributed by atoms with van der Waals surface area (Å²) in [5.41, 5.74) is 1.62. The minimum atomic E-state index is 0.503. The van der Waals surface area contributed by atoms with Crippen molar-refractivity contribution in [1.82, 2.24) is 5.32 Å². The summed E-state index contributed by atoms with van der Waals surface area (Å²) in [7, 11) is 0. The second-order valence-electron chi connectivity index (χ2n) is 4.87. The molecule has 2 fully saturated rings. The molecule has 0 aromatic heterocycles. The summed E-state index contributed by atoms with van der Waals surface area (Å²) in [6.45, 7) is 4.51. The van der Waals surface area contributed by atoms with E-state index in [2.05, 4.69) is 10.2 Å². The zero-order valence-corrected chi connectivity index (χ0v) is 10.5. The molecule has 0 bridgehead atoms. The molecule has 0 radical (unpaired) electrons. The quantitative estimate of drug-likeness (QED) is 0.832. The van der Waals surface area contributed by atoms with Crippen LogP contribution in [0, 0.1) is 5.41 Å². The monoisotopic (exact) mass is 256 g/mol. The SMILES string of the molecule is Clc1ccc(N2CCC3(CNC3)C2)c(Cl)c1. The van der Waals surface area contributed by atoms with Gasteiger partial charge in [-0.1, -0.05) is 23.2 Å². The highest BCUT2D eigenvalue weighted by Crippen LogP contribution is 2.39. The van der Waals surface area contributed by atoms with Crippen molar-refractivity contribution in [1.29, 1.82) is 0 Å². The number of hydrogen-bond acceptors (Lipinski definition) is 2. The number of hydrogen-bond donors (Lipinski definition) is 1. The summed E-state index contributed by atoms with van der Waals surface area (Å²) in [6.07, 6.45) is 1.26. The number of halogens is 2. The molecule has 86 valence electrons. The van der Waals surface area contributed by atoms with Gasteiger partial charge in [-0.05, 0) is 24.6 Å². The molecule has 0 atom stereocenters. The van der Waals surface area contributed by atoms with Crippen molar-refractivity contribution in [2.75, 3.05) is 31.1 Å². The minimum absolute atomic E-state index is 0.503. The van der Waals surface area contributed by atoms with Gasteiger partial charge in [0.05, 0.1) is 10.7 Å². The molecular weight excluding hydrogens is 243 g/mol. The standard InChI is InChI=1S/C12H14Cl2N2/c13-9-1-2-11(10(14)5-9)16-4-3-12(8-16)6-15-7-12/h1-2,5,15H,3-4,6-8H2. The van der Waals surface area contributed by atoms with E-state index in [0.717, 1.165) is 36.9 Å². The third kappa shape index (κ3) is 1.69. The molecule has 1 aromatic carbocycles. The minimum Gasteiger partial charge on any atom is -0.370 e. The number of benzene rings is 1.